The summed E-state index contributed by atoms with van der Waals surface area (Å²) < 4.78 is 5.22. The lowest BCUT2D eigenvalue weighted by molar-refractivity contribution is 0.414. The summed E-state index contributed by atoms with van der Waals surface area (Å²) in [7, 11) is 1.72. The van der Waals surface area contributed by atoms with Gasteiger partial charge < -0.3 is 4.74 Å². The van der Waals surface area contributed by atoms with Crippen molar-refractivity contribution >= 4 is 0 Å². The van der Waals surface area contributed by atoms with Gasteiger partial charge in [0.25, 0.3) is 0 Å². The van der Waals surface area contributed by atoms with Crippen LogP contribution in [-0.4, -0.2) is 7.11 Å². The van der Waals surface area contributed by atoms with Crippen LogP contribution in [0.3, 0.4) is 0 Å². The van der Waals surface area contributed by atoms with Crippen LogP contribution in [0.25, 0.3) is 0 Å². The van der Waals surface area contributed by atoms with E-state index in [1.807, 2.05) is 26.0 Å². The molecule has 1 aromatic rings. The van der Waals surface area contributed by atoms with Gasteiger partial charge in [0.05, 0.1) is 7.11 Å². The summed E-state index contributed by atoms with van der Waals surface area (Å²) in [6, 6.07) is 8.38. The molecule has 1 aromatic carbocycles. The Labute approximate surface area is 119 Å². The minimum absolute atomic E-state index is 0.966. The number of aryl methyl sites for hydroxylation is 1. The largest absolute Gasteiger partial charge is 0.497 e. The van der Waals surface area contributed by atoms with Gasteiger partial charge in [0.15, 0.2) is 0 Å². The number of rotatable bonds is 9. The number of hydrogen-bond donors (Lipinski definition) is 0. The summed E-state index contributed by atoms with van der Waals surface area (Å²) in [6.07, 6.45) is 10.9. The van der Waals surface area contributed by atoms with Crippen molar-refractivity contribution in [1.82, 2.24) is 0 Å². The van der Waals surface area contributed by atoms with Gasteiger partial charge in [-0.2, -0.15) is 0 Å². The molecule has 108 valence electrons. The quantitative estimate of drug-likeness (QED) is 0.404. The predicted octanol–water partition coefficient (Wildman–Crippen LogP) is 5.79. The highest BCUT2D eigenvalue weighted by molar-refractivity contribution is 5.28. The topological polar surface area (TPSA) is 9.23 Å². The van der Waals surface area contributed by atoms with Gasteiger partial charge in [0, 0.05) is 0 Å². The zero-order chi connectivity index (χ0) is 14.3. The molecule has 0 aliphatic heterocycles. The molecule has 0 aliphatic carbocycles. The molecule has 0 N–H and O–H groups in total. The van der Waals surface area contributed by atoms with Crippen molar-refractivity contribution in [3.8, 4) is 5.75 Å². The van der Waals surface area contributed by atoms with Gasteiger partial charge in [-0.05, 0) is 43.4 Å². The number of allylic oxidation sites excluding steroid dienone is 1. The van der Waals surface area contributed by atoms with Gasteiger partial charge in [0.2, 0.25) is 0 Å². The molecule has 0 atom stereocenters. The minimum Gasteiger partial charge on any atom is -0.497 e. The molecule has 0 spiro atoms. The van der Waals surface area contributed by atoms with E-state index in [9.17, 15) is 0 Å². The molecular formula is C18H30O. The molecule has 0 aliphatic rings. The fraction of sp³-hybridized carbons (Fsp3) is 0.556. The summed E-state index contributed by atoms with van der Waals surface area (Å²) in [6.45, 7) is 7.74. The lowest BCUT2D eigenvalue weighted by Gasteiger charge is -2.04. The standard InChI is InChI=1S/C16H24O.C2H6/c1-3-4-5-6-7-8-9-11-15-12-10-13-16(14-15)17-2;1-2/h3,10,12-14H,1,4-9,11H2,2H3;1-2H3. The second-order valence-electron chi connectivity index (χ2n) is 4.45. The van der Waals surface area contributed by atoms with Crippen LogP contribution in [-0.2, 0) is 6.42 Å². The van der Waals surface area contributed by atoms with E-state index in [4.69, 9.17) is 4.74 Å². The summed E-state index contributed by atoms with van der Waals surface area (Å²) in [5.41, 5.74) is 1.38. The lowest BCUT2D eigenvalue weighted by atomic mass is 10.0. The molecule has 0 bridgehead atoms. The number of benzene rings is 1. The first-order valence-electron chi connectivity index (χ1n) is 7.60. The van der Waals surface area contributed by atoms with Crippen LogP contribution in [0, 0.1) is 0 Å². The SMILES string of the molecule is C=CCCCCCCCc1cccc(OC)c1.CC. The van der Waals surface area contributed by atoms with E-state index in [1.165, 1.54) is 44.1 Å². The number of unbranched alkanes of at least 4 members (excludes halogenated alkanes) is 5. The van der Waals surface area contributed by atoms with Crippen molar-refractivity contribution in [1.29, 1.82) is 0 Å². The van der Waals surface area contributed by atoms with Crippen LogP contribution in [0.5, 0.6) is 5.75 Å². The Bertz CT molecular complexity index is 317. The molecule has 0 aromatic heterocycles. The molecule has 1 rings (SSSR count). The number of methoxy groups -OCH3 is 1. The fourth-order valence-corrected chi connectivity index (χ4v) is 1.98. The normalized spacial score (nSPS) is 9.42. The Balaban J connectivity index is 0.00000154. The molecule has 0 fully saturated rings. The second-order valence-corrected chi connectivity index (χ2v) is 4.45. The van der Waals surface area contributed by atoms with Crippen molar-refractivity contribution in [2.45, 2.75) is 58.8 Å². The van der Waals surface area contributed by atoms with Crippen LogP contribution in [0.1, 0.15) is 57.9 Å². The van der Waals surface area contributed by atoms with Crippen LogP contribution in [0.4, 0.5) is 0 Å². The maximum Gasteiger partial charge on any atom is 0.119 e. The zero-order valence-corrected chi connectivity index (χ0v) is 13.0. The summed E-state index contributed by atoms with van der Waals surface area (Å²) in [5.74, 6) is 0.966. The first-order valence-corrected chi connectivity index (χ1v) is 7.60. The Morgan fingerprint density at radius 3 is 2.42 bits per heavy atom. The summed E-state index contributed by atoms with van der Waals surface area (Å²) in [5, 5.41) is 0. The highest BCUT2D eigenvalue weighted by Gasteiger charge is 1.96. The van der Waals surface area contributed by atoms with Crippen LogP contribution < -0.4 is 4.74 Å². The number of hydrogen-bond acceptors (Lipinski definition) is 1. The molecule has 0 heterocycles. The van der Waals surface area contributed by atoms with Crippen molar-refractivity contribution < 1.29 is 4.74 Å². The molecule has 0 amide bonds. The van der Waals surface area contributed by atoms with Crippen molar-refractivity contribution in [2.24, 2.45) is 0 Å². The molecular weight excluding hydrogens is 232 g/mol. The molecule has 0 unspecified atom stereocenters. The fourth-order valence-electron chi connectivity index (χ4n) is 1.98. The van der Waals surface area contributed by atoms with Gasteiger partial charge in [-0.3, -0.25) is 0 Å². The highest BCUT2D eigenvalue weighted by Crippen LogP contribution is 2.15. The summed E-state index contributed by atoms with van der Waals surface area (Å²) >= 11 is 0. The van der Waals surface area contributed by atoms with Crippen LogP contribution in [0.2, 0.25) is 0 Å². The molecule has 19 heavy (non-hydrogen) atoms. The monoisotopic (exact) mass is 262 g/mol. The van der Waals surface area contributed by atoms with Gasteiger partial charge in [-0.25, -0.2) is 0 Å². The van der Waals surface area contributed by atoms with Crippen LogP contribution in [0.15, 0.2) is 36.9 Å². The van der Waals surface area contributed by atoms with Crippen molar-refractivity contribution in [2.75, 3.05) is 7.11 Å². The molecule has 0 saturated carbocycles. The Morgan fingerprint density at radius 2 is 1.74 bits per heavy atom. The molecule has 0 saturated heterocycles. The smallest absolute Gasteiger partial charge is 0.119 e. The van der Waals surface area contributed by atoms with Gasteiger partial charge in [0.1, 0.15) is 5.75 Å². The van der Waals surface area contributed by atoms with E-state index < -0.39 is 0 Å². The first kappa shape index (κ1) is 17.8. The maximum atomic E-state index is 5.22. The molecule has 1 heteroatoms. The third kappa shape index (κ3) is 9.35. The van der Waals surface area contributed by atoms with E-state index in [2.05, 4.69) is 24.8 Å². The minimum atomic E-state index is 0.966. The highest BCUT2D eigenvalue weighted by atomic mass is 16.5. The third-order valence-electron chi connectivity index (χ3n) is 3.01. The molecule has 1 nitrogen and oxygen atoms in total. The summed E-state index contributed by atoms with van der Waals surface area (Å²) in [4.78, 5) is 0. The van der Waals surface area contributed by atoms with E-state index in [0.717, 1.165) is 12.2 Å². The Hall–Kier alpha value is -1.24. The average Bonchev–Trinajstić information content (AvgIpc) is 2.48. The van der Waals surface area contributed by atoms with Gasteiger partial charge in [-0.1, -0.05) is 51.3 Å². The average molecular weight is 262 g/mol. The maximum absolute atomic E-state index is 5.22. The third-order valence-corrected chi connectivity index (χ3v) is 3.01. The van der Waals surface area contributed by atoms with E-state index >= 15 is 0 Å². The zero-order valence-electron chi connectivity index (χ0n) is 13.0. The van der Waals surface area contributed by atoms with Crippen LogP contribution >= 0.6 is 0 Å². The van der Waals surface area contributed by atoms with Crippen molar-refractivity contribution in [3.63, 3.8) is 0 Å². The lowest BCUT2D eigenvalue weighted by Crippen LogP contribution is -1.88. The van der Waals surface area contributed by atoms with E-state index in [1.54, 1.807) is 7.11 Å². The Morgan fingerprint density at radius 1 is 1.05 bits per heavy atom. The Kier molecular flexibility index (Phi) is 12.3. The van der Waals surface area contributed by atoms with E-state index in [-0.39, 0.29) is 0 Å². The van der Waals surface area contributed by atoms with Gasteiger partial charge in [-0.15, -0.1) is 6.58 Å². The predicted molar refractivity (Wildman–Crippen MR) is 85.9 cm³/mol. The molecule has 0 radical (unpaired) electrons. The van der Waals surface area contributed by atoms with E-state index in [0.29, 0.717) is 0 Å². The van der Waals surface area contributed by atoms with Crippen molar-refractivity contribution in [3.05, 3.63) is 42.5 Å². The number of ether oxygens (including phenoxy) is 1. The van der Waals surface area contributed by atoms with Gasteiger partial charge >= 0.3 is 0 Å². The second kappa shape index (κ2) is 13.2. The first-order chi connectivity index (χ1) is 9.36.